The molecule has 0 radical (unpaired) electrons. The van der Waals surface area contributed by atoms with Crippen LogP contribution in [0.3, 0.4) is 0 Å². The van der Waals surface area contributed by atoms with Gasteiger partial charge in [-0.25, -0.2) is 4.79 Å². The van der Waals surface area contributed by atoms with E-state index in [1.54, 1.807) is 55.5 Å². The monoisotopic (exact) mass is 413 g/mol. The van der Waals surface area contributed by atoms with Crippen molar-refractivity contribution in [3.05, 3.63) is 69.9 Å². The van der Waals surface area contributed by atoms with Gasteiger partial charge in [0.1, 0.15) is 0 Å². The largest absolute Gasteiger partial charge is 0.493 e. The van der Waals surface area contributed by atoms with E-state index in [2.05, 4.69) is 0 Å². The molecule has 1 heterocycles. The summed E-state index contributed by atoms with van der Waals surface area (Å²) < 4.78 is 15.7. The van der Waals surface area contributed by atoms with Crippen LogP contribution in [0.1, 0.15) is 12.5 Å². The normalized spacial score (nSPS) is 15.1. The quantitative estimate of drug-likeness (QED) is 0.542. The second-order valence-corrected chi connectivity index (χ2v) is 6.65. The molecule has 1 aliphatic heterocycles. The van der Waals surface area contributed by atoms with E-state index >= 15 is 0 Å². The second kappa shape index (κ2) is 8.41. The van der Waals surface area contributed by atoms with Crippen LogP contribution in [0.25, 0.3) is 6.08 Å². The zero-order valence-electron chi connectivity index (χ0n) is 16.5. The van der Waals surface area contributed by atoms with Crippen LogP contribution in [0, 0.1) is 0 Å². The van der Waals surface area contributed by atoms with E-state index in [9.17, 15) is 9.59 Å². The summed E-state index contributed by atoms with van der Waals surface area (Å²) in [5, 5.41) is 0.481. The number of benzene rings is 2. The number of allylic oxidation sites excluding steroid dienone is 1. The van der Waals surface area contributed by atoms with E-state index in [1.807, 2.05) is 0 Å². The lowest BCUT2D eigenvalue weighted by molar-refractivity contribution is -0.136. The Morgan fingerprint density at radius 2 is 1.79 bits per heavy atom. The predicted molar refractivity (Wildman–Crippen MR) is 111 cm³/mol. The number of carbonyl (C=O) groups excluding carboxylic acids is 2. The molecule has 29 heavy (non-hydrogen) atoms. The van der Waals surface area contributed by atoms with Crippen LogP contribution in [0.15, 0.2) is 59.3 Å². The zero-order chi connectivity index (χ0) is 21.1. The molecule has 6 nitrogen and oxygen atoms in total. The molecule has 3 rings (SSSR count). The van der Waals surface area contributed by atoms with Crippen LogP contribution in [-0.4, -0.2) is 33.2 Å². The highest BCUT2D eigenvalue weighted by molar-refractivity contribution is 6.31. The van der Waals surface area contributed by atoms with Crippen molar-refractivity contribution in [2.45, 2.75) is 6.92 Å². The third-order valence-electron chi connectivity index (χ3n) is 4.59. The van der Waals surface area contributed by atoms with Crippen molar-refractivity contribution in [3.63, 3.8) is 0 Å². The van der Waals surface area contributed by atoms with Gasteiger partial charge in [-0.3, -0.25) is 9.69 Å². The molecule has 0 bridgehead atoms. The summed E-state index contributed by atoms with van der Waals surface area (Å²) >= 11 is 6.09. The molecule has 0 fully saturated rings. The number of anilines is 1. The maximum Gasteiger partial charge on any atom is 0.340 e. The molecule has 0 atom stereocenters. The molecular formula is C22H20ClNO5. The first-order chi connectivity index (χ1) is 13.9. The van der Waals surface area contributed by atoms with Gasteiger partial charge in [0.05, 0.1) is 38.2 Å². The Kier molecular flexibility index (Phi) is 5.94. The molecule has 1 aliphatic rings. The molecule has 2 aromatic carbocycles. The predicted octanol–water partition coefficient (Wildman–Crippen LogP) is 4.23. The van der Waals surface area contributed by atoms with Crippen molar-refractivity contribution in [1.82, 2.24) is 0 Å². The number of para-hydroxylation sites is 1. The Labute approximate surface area is 173 Å². The molecule has 150 valence electrons. The number of methoxy groups -OCH3 is 3. The minimum atomic E-state index is -0.603. The highest BCUT2D eigenvalue weighted by Crippen LogP contribution is 2.38. The van der Waals surface area contributed by atoms with Gasteiger partial charge in [-0.05, 0) is 37.3 Å². The highest BCUT2D eigenvalue weighted by atomic mass is 35.5. The molecular weight excluding hydrogens is 394 g/mol. The van der Waals surface area contributed by atoms with Gasteiger partial charge in [-0.2, -0.15) is 0 Å². The van der Waals surface area contributed by atoms with Crippen molar-refractivity contribution < 1.29 is 23.8 Å². The van der Waals surface area contributed by atoms with Gasteiger partial charge >= 0.3 is 5.97 Å². The van der Waals surface area contributed by atoms with Gasteiger partial charge in [-0.1, -0.05) is 29.8 Å². The lowest BCUT2D eigenvalue weighted by atomic mass is 10.0. The molecule has 0 aliphatic carbocycles. The molecule has 0 unspecified atom stereocenters. The molecule has 0 saturated carbocycles. The molecule has 0 spiro atoms. The van der Waals surface area contributed by atoms with Gasteiger partial charge in [0, 0.05) is 16.3 Å². The number of halogens is 1. The number of carbonyl (C=O) groups is 2. The fourth-order valence-electron chi connectivity index (χ4n) is 3.29. The fraction of sp³-hybridized carbons (Fsp3) is 0.182. The number of rotatable bonds is 5. The SMILES string of the molecule is COC(=O)C1=C(C)N(c2cccc(Cl)c2)C(=O)/C1=C\c1cccc(OC)c1OC. The molecule has 7 heteroatoms. The summed E-state index contributed by atoms with van der Waals surface area (Å²) in [6, 6.07) is 12.2. The maximum absolute atomic E-state index is 13.3. The van der Waals surface area contributed by atoms with Gasteiger partial charge < -0.3 is 14.2 Å². The van der Waals surface area contributed by atoms with E-state index in [0.717, 1.165) is 0 Å². The topological polar surface area (TPSA) is 65.1 Å². The Morgan fingerprint density at radius 1 is 1.07 bits per heavy atom. The third-order valence-corrected chi connectivity index (χ3v) is 4.82. The Balaban J connectivity index is 2.20. The van der Waals surface area contributed by atoms with Crippen molar-refractivity contribution in [1.29, 1.82) is 0 Å². The smallest absolute Gasteiger partial charge is 0.340 e. The van der Waals surface area contributed by atoms with Crippen LogP contribution in [0.2, 0.25) is 5.02 Å². The fourth-order valence-corrected chi connectivity index (χ4v) is 3.47. The molecule has 0 saturated heterocycles. The minimum absolute atomic E-state index is 0.183. The zero-order valence-corrected chi connectivity index (χ0v) is 17.2. The second-order valence-electron chi connectivity index (χ2n) is 6.21. The van der Waals surface area contributed by atoms with Crippen LogP contribution in [0.4, 0.5) is 5.69 Å². The first-order valence-electron chi connectivity index (χ1n) is 8.75. The van der Waals surface area contributed by atoms with Crippen LogP contribution >= 0.6 is 11.6 Å². The van der Waals surface area contributed by atoms with Crippen LogP contribution in [0.5, 0.6) is 11.5 Å². The Hall–Kier alpha value is -3.25. The van der Waals surface area contributed by atoms with Gasteiger partial charge in [0.25, 0.3) is 5.91 Å². The van der Waals surface area contributed by atoms with Gasteiger partial charge in [0.15, 0.2) is 11.5 Å². The summed E-state index contributed by atoms with van der Waals surface area (Å²) in [5.41, 5.74) is 1.99. The molecule has 2 aromatic rings. The number of hydrogen-bond acceptors (Lipinski definition) is 5. The summed E-state index contributed by atoms with van der Waals surface area (Å²) in [6.45, 7) is 1.69. The minimum Gasteiger partial charge on any atom is -0.493 e. The van der Waals surface area contributed by atoms with Crippen molar-refractivity contribution in [2.24, 2.45) is 0 Å². The summed E-state index contributed by atoms with van der Waals surface area (Å²) in [7, 11) is 4.32. The molecule has 1 amide bonds. The third kappa shape index (κ3) is 3.71. The average molecular weight is 414 g/mol. The van der Waals surface area contributed by atoms with E-state index in [1.165, 1.54) is 26.2 Å². The van der Waals surface area contributed by atoms with E-state index in [0.29, 0.717) is 33.5 Å². The van der Waals surface area contributed by atoms with E-state index < -0.39 is 5.97 Å². The number of nitrogens with zero attached hydrogens (tertiary/aromatic N) is 1. The standard InChI is InChI=1S/C22H20ClNO5/c1-13-19(22(26)29-4)17(11-14-7-5-10-18(27-2)20(14)28-3)21(25)24(13)16-9-6-8-15(23)12-16/h5-12H,1-4H3/b17-11-. The van der Waals surface area contributed by atoms with Crippen molar-refractivity contribution >= 4 is 35.2 Å². The van der Waals surface area contributed by atoms with Gasteiger partial charge in [0.2, 0.25) is 0 Å². The lowest BCUT2D eigenvalue weighted by Gasteiger charge is -2.18. The van der Waals surface area contributed by atoms with Gasteiger partial charge in [-0.15, -0.1) is 0 Å². The Morgan fingerprint density at radius 3 is 2.41 bits per heavy atom. The number of amides is 1. The molecule has 0 aromatic heterocycles. The van der Waals surface area contributed by atoms with E-state index in [4.69, 9.17) is 25.8 Å². The van der Waals surface area contributed by atoms with Crippen molar-refractivity contribution in [3.8, 4) is 11.5 Å². The summed E-state index contributed by atoms with van der Waals surface area (Å²) in [4.78, 5) is 27.3. The summed E-state index contributed by atoms with van der Waals surface area (Å²) in [5.74, 6) is 0.00113. The number of hydrogen-bond donors (Lipinski definition) is 0. The Bertz CT molecular complexity index is 1040. The van der Waals surface area contributed by atoms with Crippen LogP contribution < -0.4 is 14.4 Å². The molecule has 0 N–H and O–H groups in total. The maximum atomic E-state index is 13.3. The lowest BCUT2D eigenvalue weighted by Crippen LogP contribution is -2.24. The average Bonchev–Trinajstić information content (AvgIpc) is 2.96. The van der Waals surface area contributed by atoms with E-state index in [-0.39, 0.29) is 17.1 Å². The highest BCUT2D eigenvalue weighted by Gasteiger charge is 2.38. The van der Waals surface area contributed by atoms with Crippen molar-refractivity contribution in [2.75, 3.05) is 26.2 Å². The number of ether oxygens (including phenoxy) is 3. The number of esters is 1. The summed E-state index contributed by atoms with van der Waals surface area (Å²) in [6.07, 6.45) is 1.60. The first kappa shape index (κ1) is 20.5. The first-order valence-corrected chi connectivity index (χ1v) is 9.13. The van der Waals surface area contributed by atoms with Crippen LogP contribution in [-0.2, 0) is 14.3 Å².